The lowest BCUT2D eigenvalue weighted by Crippen LogP contribution is -1.90. The highest BCUT2D eigenvalue weighted by Crippen LogP contribution is 2.27. The number of carbonyl (C=O) groups excluding carboxylic acids is 1. The molecule has 0 unspecified atom stereocenters. The maximum absolute atomic E-state index is 11.4. The number of hydrogen-bond donors (Lipinski definition) is 2. The molecule has 1 heterocycles. The van der Waals surface area contributed by atoms with Crippen LogP contribution in [0.4, 0.5) is 5.69 Å². The Hall–Kier alpha value is -2.88. The standard InChI is InChI=1S/C18H16N2O2/c1-11-6-7-15-16(18(22)20-17(15)8-11)10-19-14-5-3-4-13(9-14)12(2)21/h3-10,20,22H,1-2H3. The van der Waals surface area contributed by atoms with Crippen LogP contribution in [0.2, 0.25) is 0 Å². The number of nitrogens with zero attached hydrogens (tertiary/aromatic N) is 1. The van der Waals surface area contributed by atoms with Crippen LogP contribution in [0.15, 0.2) is 47.5 Å². The third-order valence-electron chi connectivity index (χ3n) is 3.57. The first-order valence-corrected chi connectivity index (χ1v) is 7.01. The van der Waals surface area contributed by atoms with Crippen LogP contribution < -0.4 is 0 Å². The van der Waals surface area contributed by atoms with Crippen molar-refractivity contribution in [3.05, 3.63) is 59.2 Å². The van der Waals surface area contributed by atoms with Crippen LogP contribution >= 0.6 is 0 Å². The lowest BCUT2D eigenvalue weighted by Gasteiger charge is -1.98. The highest BCUT2D eigenvalue weighted by molar-refractivity contribution is 6.03. The first-order chi connectivity index (χ1) is 10.5. The third kappa shape index (κ3) is 2.63. The van der Waals surface area contributed by atoms with Crippen molar-refractivity contribution in [3.8, 4) is 5.88 Å². The Labute approximate surface area is 128 Å². The summed E-state index contributed by atoms with van der Waals surface area (Å²) in [5.74, 6) is 0.0922. The third-order valence-corrected chi connectivity index (χ3v) is 3.57. The summed E-state index contributed by atoms with van der Waals surface area (Å²) in [6.45, 7) is 3.52. The summed E-state index contributed by atoms with van der Waals surface area (Å²) < 4.78 is 0. The normalized spacial score (nSPS) is 11.4. The molecule has 0 aliphatic rings. The molecule has 2 aromatic carbocycles. The molecule has 4 nitrogen and oxygen atoms in total. The van der Waals surface area contributed by atoms with E-state index < -0.39 is 0 Å². The average molecular weight is 292 g/mol. The van der Waals surface area contributed by atoms with Crippen molar-refractivity contribution < 1.29 is 9.90 Å². The SMILES string of the molecule is CC(=O)c1cccc(N=Cc2c(O)[nH]c3cc(C)ccc23)c1. The van der Waals surface area contributed by atoms with Crippen LogP contribution in [-0.2, 0) is 0 Å². The predicted molar refractivity (Wildman–Crippen MR) is 88.4 cm³/mol. The van der Waals surface area contributed by atoms with Gasteiger partial charge in [0.25, 0.3) is 0 Å². The van der Waals surface area contributed by atoms with Gasteiger partial charge in [0, 0.05) is 22.7 Å². The van der Waals surface area contributed by atoms with Gasteiger partial charge in [-0.2, -0.15) is 0 Å². The lowest BCUT2D eigenvalue weighted by atomic mass is 10.1. The van der Waals surface area contributed by atoms with Crippen LogP contribution in [0.3, 0.4) is 0 Å². The molecule has 22 heavy (non-hydrogen) atoms. The Morgan fingerprint density at radius 3 is 2.82 bits per heavy atom. The van der Waals surface area contributed by atoms with Gasteiger partial charge in [-0.15, -0.1) is 0 Å². The van der Waals surface area contributed by atoms with E-state index in [9.17, 15) is 9.90 Å². The molecule has 2 N–H and O–H groups in total. The van der Waals surface area contributed by atoms with Crippen LogP contribution in [-0.4, -0.2) is 22.1 Å². The number of Topliss-reactive ketones (excluding diaryl/α,β-unsaturated/α-hetero) is 1. The molecule has 0 radical (unpaired) electrons. The fourth-order valence-electron chi connectivity index (χ4n) is 2.39. The van der Waals surface area contributed by atoms with Crippen LogP contribution in [0.5, 0.6) is 5.88 Å². The van der Waals surface area contributed by atoms with Gasteiger partial charge >= 0.3 is 0 Å². The molecule has 0 amide bonds. The molecule has 0 aliphatic carbocycles. The van der Waals surface area contributed by atoms with Gasteiger partial charge in [-0.3, -0.25) is 9.79 Å². The molecule has 0 spiro atoms. The molecule has 110 valence electrons. The zero-order valence-electron chi connectivity index (χ0n) is 12.4. The quantitative estimate of drug-likeness (QED) is 0.563. The number of aliphatic imine (C=N–C) groups is 1. The van der Waals surface area contributed by atoms with Gasteiger partial charge in [-0.05, 0) is 37.6 Å². The minimum atomic E-state index is 0.00228. The fourth-order valence-corrected chi connectivity index (χ4v) is 2.39. The summed E-state index contributed by atoms with van der Waals surface area (Å²) in [6, 6.07) is 13.0. The minimum absolute atomic E-state index is 0.00228. The summed E-state index contributed by atoms with van der Waals surface area (Å²) in [5, 5.41) is 11.0. The number of ketones is 1. The Kier molecular flexibility index (Phi) is 3.51. The molecule has 0 saturated heterocycles. The summed E-state index contributed by atoms with van der Waals surface area (Å²) in [4.78, 5) is 18.7. The number of aromatic hydroxyl groups is 1. The van der Waals surface area contributed by atoms with Gasteiger partial charge in [-0.25, -0.2) is 0 Å². The zero-order chi connectivity index (χ0) is 15.7. The monoisotopic (exact) mass is 292 g/mol. The minimum Gasteiger partial charge on any atom is -0.494 e. The molecule has 0 fully saturated rings. The zero-order valence-corrected chi connectivity index (χ0v) is 12.4. The maximum Gasteiger partial charge on any atom is 0.198 e. The molecule has 0 bridgehead atoms. The topological polar surface area (TPSA) is 65.4 Å². The van der Waals surface area contributed by atoms with Crippen molar-refractivity contribution in [2.45, 2.75) is 13.8 Å². The van der Waals surface area contributed by atoms with Gasteiger partial charge in [0.15, 0.2) is 11.7 Å². The average Bonchev–Trinajstić information content (AvgIpc) is 2.80. The van der Waals surface area contributed by atoms with E-state index in [0.29, 0.717) is 16.8 Å². The van der Waals surface area contributed by atoms with E-state index in [1.54, 1.807) is 24.4 Å². The number of nitrogens with one attached hydrogen (secondary N) is 1. The maximum atomic E-state index is 11.4. The van der Waals surface area contributed by atoms with Gasteiger partial charge in [0.1, 0.15) is 0 Å². The molecule has 3 aromatic rings. The smallest absolute Gasteiger partial charge is 0.198 e. The van der Waals surface area contributed by atoms with Crippen molar-refractivity contribution >= 4 is 28.6 Å². The second kappa shape index (κ2) is 5.48. The fraction of sp³-hybridized carbons (Fsp3) is 0.111. The molecule has 0 atom stereocenters. The second-order valence-corrected chi connectivity index (χ2v) is 5.30. The van der Waals surface area contributed by atoms with Gasteiger partial charge in [-0.1, -0.05) is 24.3 Å². The first-order valence-electron chi connectivity index (χ1n) is 7.01. The van der Waals surface area contributed by atoms with E-state index in [2.05, 4.69) is 9.98 Å². The highest BCUT2D eigenvalue weighted by Gasteiger charge is 2.08. The second-order valence-electron chi connectivity index (χ2n) is 5.30. The number of benzene rings is 2. The number of aromatic nitrogens is 1. The van der Waals surface area contributed by atoms with Crippen LogP contribution in [0.25, 0.3) is 10.9 Å². The van der Waals surface area contributed by atoms with E-state index in [0.717, 1.165) is 16.5 Å². The van der Waals surface area contributed by atoms with Crippen LogP contribution in [0.1, 0.15) is 28.4 Å². The Morgan fingerprint density at radius 2 is 2.05 bits per heavy atom. The van der Waals surface area contributed by atoms with E-state index in [1.807, 2.05) is 31.2 Å². The summed E-state index contributed by atoms with van der Waals surface area (Å²) in [5.41, 5.74) is 3.92. The number of rotatable bonds is 3. The lowest BCUT2D eigenvalue weighted by molar-refractivity contribution is 0.101. The molecule has 0 saturated carbocycles. The number of H-pyrrole nitrogens is 1. The molecular weight excluding hydrogens is 276 g/mol. The molecule has 0 aliphatic heterocycles. The first kappa shape index (κ1) is 14.1. The summed E-state index contributed by atoms with van der Waals surface area (Å²) >= 11 is 0. The number of hydrogen-bond acceptors (Lipinski definition) is 3. The number of fused-ring (bicyclic) bond motifs is 1. The molecule has 3 rings (SSSR count). The number of aryl methyl sites for hydroxylation is 1. The van der Waals surface area contributed by atoms with E-state index in [-0.39, 0.29) is 11.7 Å². The summed E-state index contributed by atoms with van der Waals surface area (Å²) in [6.07, 6.45) is 1.61. The Bertz CT molecular complexity index is 891. The Balaban J connectivity index is 2.01. The Morgan fingerprint density at radius 1 is 1.23 bits per heavy atom. The molecular formula is C18H16N2O2. The van der Waals surface area contributed by atoms with Gasteiger partial charge in [0.2, 0.25) is 0 Å². The van der Waals surface area contributed by atoms with Crippen molar-refractivity contribution in [2.24, 2.45) is 4.99 Å². The van der Waals surface area contributed by atoms with Gasteiger partial charge < -0.3 is 10.1 Å². The number of carbonyl (C=O) groups is 1. The van der Waals surface area contributed by atoms with Crippen LogP contribution in [0, 0.1) is 6.92 Å². The highest BCUT2D eigenvalue weighted by atomic mass is 16.3. The summed E-state index contributed by atoms with van der Waals surface area (Å²) in [7, 11) is 0. The van der Waals surface area contributed by atoms with Gasteiger partial charge in [0.05, 0.1) is 11.3 Å². The van der Waals surface area contributed by atoms with Crippen molar-refractivity contribution in [2.75, 3.05) is 0 Å². The van der Waals surface area contributed by atoms with Crippen molar-refractivity contribution in [1.29, 1.82) is 0 Å². The van der Waals surface area contributed by atoms with E-state index in [1.165, 1.54) is 6.92 Å². The molecule has 1 aromatic heterocycles. The van der Waals surface area contributed by atoms with E-state index in [4.69, 9.17) is 0 Å². The largest absolute Gasteiger partial charge is 0.494 e. The molecule has 4 heteroatoms. The van der Waals surface area contributed by atoms with Crippen molar-refractivity contribution in [1.82, 2.24) is 4.98 Å². The van der Waals surface area contributed by atoms with Crippen molar-refractivity contribution in [3.63, 3.8) is 0 Å². The predicted octanol–water partition coefficient (Wildman–Crippen LogP) is 4.14. The number of aromatic amines is 1. The van der Waals surface area contributed by atoms with E-state index >= 15 is 0 Å².